The van der Waals surface area contributed by atoms with Crippen molar-refractivity contribution < 1.29 is 19.6 Å². The highest BCUT2D eigenvalue weighted by Crippen LogP contribution is 2.25. The number of allylic oxidation sites excluding steroid dienone is 1. The Morgan fingerprint density at radius 3 is 2.34 bits per heavy atom. The van der Waals surface area contributed by atoms with Gasteiger partial charge in [0.05, 0.1) is 18.3 Å². The molecule has 0 unspecified atom stereocenters. The summed E-state index contributed by atoms with van der Waals surface area (Å²) in [7, 11) is 0. The predicted molar refractivity (Wildman–Crippen MR) is 129 cm³/mol. The molecule has 0 fully saturated rings. The van der Waals surface area contributed by atoms with Gasteiger partial charge >= 0.3 is 0 Å². The lowest BCUT2D eigenvalue weighted by atomic mass is 9.82. The van der Waals surface area contributed by atoms with Gasteiger partial charge < -0.3 is 0 Å². The Kier molecular flexibility index (Phi) is 11.0. The molecule has 0 saturated carbocycles. The summed E-state index contributed by atoms with van der Waals surface area (Å²) >= 11 is 0. The summed E-state index contributed by atoms with van der Waals surface area (Å²) in [6.07, 6.45) is 4.15. The van der Waals surface area contributed by atoms with E-state index in [0.717, 1.165) is 5.56 Å². The number of rotatable bonds is 12. The number of hydroxylamine groups is 1. The van der Waals surface area contributed by atoms with Gasteiger partial charge in [0.1, 0.15) is 0 Å². The molecule has 0 aliphatic rings. The van der Waals surface area contributed by atoms with E-state index in [1.807, 2.05) is 70.2 Å². The van der Waals surface area contributed by atoms with Crippen molar-refractivity contribution in [3.8, 4) is 0 Å². The Hall–Kier alpha value is -3.60. The molecule has 2 rings (SSSR count). The van der Waals surface area contributed by atoms with Gasteiger partial charge in [-0.25, -0.2) is 5.48 Å². The number of nitrogens with one attached hydrogen (secondary N) is 3. The van der Waals surface area contributed by atoms with Gasteiger partial charge in [-0.3, -0.25) is 30.0 Å². The van der Waals surface area contributed by atoms with Crippen molar-refractivity contribution in [2.45, 2.75) is 47.0 Å². The average Bonchev–Trinajstić information content (AvgIpc) is 3.33. The predicted octanol–water partition coefficient (Wildman–Crippen LogP) is 2.15. The molecule has 0 aliphatic heterocycles. The fourth-order valence-corrected chi connectivity index (χ4v) is 3.69. The van der Waals surface area contributed by atoms with E-state index in [0.29, 0.717) is 6.42 Å². The number of aromatic nitrogens is 4. The minimum atomic E-state index is -0.837. The molecule has 1 heterocycles. The van der Waals surface area contributed by atoms with E-state index in [-0.39, 0.29) is 37.0 Å². The van der Waals surface area contributed by atoms with Crippen LogP contribution in [0.1, 0.15) is 51.9 Å². The summed E-state index contributed by atoms with van der Waals surface area (Å²) in [6.45, 7) is 8.00. The Labute approximate surface area is 205 Å². The van der Waals surface area contributed by atoms with E-state index in [1.165, 1.54) is 5.01 Å². The second-order valence-corrected chi connectivity index (χ2v) is 9.25. The summed E-state index contributed by atoms with van der Waals surface area (Å²) in [6, 6.07) is 9.57. The van der Waals surface area contributed by atoms with Crippen LogP contribution in [0.5, 0.6) is 0 Å². The van der Waals surface area contributed by atoms with Crippen LogP contribution >= 0.6 is 0 Å². The largest absolute Gasteiger partial charge is 0.289 e. The first-order valence-electron chi connectivity index (χ1n) is 11.7. The molecule has 3 amide bonds. The molecule has 4 N–H and O–H groups in total. The maximum absolute atomic E-state index is 13.4. The Morgan fingerprint density at radius 1 is 1.06 bits per heavy atom. The van der Waals surface area contributed by atoms with E-state index in [4.69, 9.17) is 0 Å². The third kappa shape index (κ3) is 9.28. The standard InChI is InChI=1S/C24H35N7O4/c1-16(2)13-20(19(24(34)28-35)12-8-11-18-9-6-5-7-10-18)23(33)27-31(15-17(3)4)22(32)14-21-25-29-30-26-21/h5-11,16-17,19-20,35H,12-15H2,1-4H3,(H,27,33)(H,28,34)(H,25,26,29,30)/t19-,20+/m0/s1. The first-order valence-corrected chi connectivity index (χ1v) is 11.7. The summed E-state index contributed by atoms with van der Waals surface area (Å²) in [5.74, 6) is -2.78. The number of H-pyrrole nitrogens is 1. The molecule has 0 radical (unpaired) electrons. The van der Waals surface area contributed by atoms with Crippen LogP contribution in [0.3, 0.4) is 0 Å². The zero-order valence-corrected chi connectivity index (χ0v) is 20.6. The van der Waals surface area contributed by atoms with E-state index >= 15 is 0 Å². The first-order chi connectivity index (χ1) is 16.7. The molecule has 0 spiro atoms. The van der Waals surface area contributed by atoms with Crippen molar-refractivity contribution in [1.82, 2.24) is 36.5 Å². The van der Waals surface area contributed by atoms with Gasteiger partial charge in [0.2, 0.25) is 17.7 Å². The maximum atomic E-state index is 13.4. The topological polar surface area (TPSA) is 153 Å². The van der Waals surface area contributed by atoms with Crippen LogP contribution in [-0.2, 0) is 20.8 Å². The number of carbonyl (C=O) groups excluding carboxylic acids is 3. The van der Waals surface area contributed by atoms with Crippen LogP contribution in [0.15, 0.2) is 36.4 Å². The molecule has 0 aliphatic carbocycles. The Bertz CT molecular complexity index is 962. The number of nitrogens with zero attached hydrogens (tertiary/aromatic N) is 4. The second kappa shape index (κ2) is 14.0. The zero-order chi connectivity index (χ0) is 25.8. The molecule has 0 bridgehead atoms. The SMILES string of the molecule is CC(C)C[C@@H](C(=O)NN(CC(C)C)C(=O)Cc1nn[nH]n1)[C@H](CC=Cc1ccccc1)C(=O)NO. The molecule has 11 heteroatoms. The fourth-order valence-electron chi connectivity index (χ4n) is 3.69. The number of amides is 3. The van der Waals surface area contributed by atoms with E-state index in [2.05, 4.69) is 26.0 Å². The van der Waals surface area contributed by atoms with E-state index < -0.39 is 29.6 Å². The zero-order valence-electron chi connectivity index (χ0n) is 20.6. The van der Waals surface area contributed by atoms with Gasteiger partial charge in [0.15, 0.2) is 5.82 Å². The lowest BCUT2D eigenvalue weighted by Gasteiger charge is -2.30. The van der Waals surface area contributed by atoms with Crippen LogP contribution in [0.25, 0.3) is 6.08 Å². The van der Waals surface area contributed by atoms with Crippen LogP contribution in [0, 0.1) is 23.7 Å². The van der Waals surface area contributed by atoms with Gasteiger partial charge in [0.25, 0.3) is 0 Å². The molecule has 1 aromatic carbocycles. The highest BCUT2D eigenvalue weighted by Gasteiger charge is 2.35. The Morgan fingerprint density at radius 2 is 1.77 bits per heavy atom. The lowest BCUT2D eigenvalue weighted by Crippen LogP contribution is -2.52. The number of aromatic amines is 1. The quantitative estimate of drug-likeness (QED) is 0.265. The van der Waals surface area contributed by atoms with E-state index in [9.17, 15) is 19.6 Å². The number of hydrogen-bond donors (Lipinski definition) is 4. The normalized spacial score (nSPS) is 13.1. The van der Waals surface area contributed by atoms with Gasteiger partial charge in [0, 0.05) is 6.54 Å². The first kappa shape index (κ1) is 27.6. The Balaban J connectivity index is 2.23. The van der Waals surface area contributed by atoms with Gasteiger partial charge in [-0.2, -0.15) is 5.21 Å². The minimum Gasteiger partial charge on any atom is -0.289 e. The van der Waals surface area contributed by atoms with E-state index in [1.54, 1.807) is 5.48 Å². The molecule has 11 nitrogen and oxygen atoms in total. The van der Waals surface area contributed by atoms with Crippen molar-refractivity contribution in [3.05, 3.63) is 47.8 Å². The van der Waals surface area contributed by atoms with Crippen molar-refractivity contribution in [2.24, 2.45) is 23.7 Å². The third-order valence-electron chi connectivity index (χ3n) is 5.29. The third-order valence-corrected chi connectivity index (χ3v) is 5.29. The summed E-state index contributed by atoms with van der Waals surface area (Å²) < 4.78 is 0. The van der Waals surface area contributed by atoms with Gasteiger partial charge in [-0.1, -0.05) is 75.4 Å². The summed E-state index contributed by atoms with van der Waals surface area (Å²) in [5.41, 5.74) is 5.36. The van der Waals surface area contributed by atoms with Crippen molar-refractivity contribution in [2.75, 3.05) is 6.54 Å². The lowest BCUT2D eigenvalue weighted by molar-refractivity contribution is -0.147. The van der Waals surface area contributed by atoms with Crippen LogP contribution in [0.2, 0.25) is 0 Å². The van der Waals surface area contributed by atoms with Crippen molar-refractivity contribution >= 4 is 23.8 Å². The smallest absolute Gasteiger partial charge is 0.248 e. The molecular weight excluding hydrogens is 450 g/mol. The molecular formula is C24H35N7O4. The van der Waals surface area contributed by atoms with Gasteiger partial charge in [-0.05, 0) is 30.2 Å². The highest BCUT2D eigenvalue weighted by atomic mass is 16.5. The van der Waals surface area contributed by atoms with Crippen molar-refractivity contribution in [1.29, 1.82) is 0 Å². The molecule has 35 heavy (non-hydrogen) atoms. The summed E-state index contributed by atoms with van der Waals surface area (Å²) in [5, 5.41) is 24.0. The summed E-state index contributed by atoms with van der Waals surface area (Å²) in [4.78, 5) is 38.9. The molecule has 2 aromatic rings. The number of hydrogen-bond acceptors (Lipinski definition) is 7. The number of hydrazine groups is 1. The second-order valence-electron chi connectivity index (χ2n) is 9.25. The average molecular weight is 486 g/mol. The highest BCUT2D eigenvalue weighted by molar-refractivity contribution is 5.89. The monoisotopic (exact) mass is 485 g/mol. The maximum Gasteiger partial charge on any atom is 0.248 e. The fraction of sp³-hybridized carbons (Fsp3) is 0.500. The molecule has 2 atom stereocenters. The van der Waals surface area contributed by atoms with Crippen LogP contribution in [0.4, 0.5) is 0 Å². The van der Waals surface area contributed by atoms with Crippen LogP contribution < -0.4 is 10.9 Å². The number of tetrazole rings is 1. The number of benzene rings is 1. The van der Waals surface area contributed by atoms with Gasteiger partial charge in [-0.15, -0.1) is 10.2 Å². The molecule has 0 saturated heterocycles. The molecule has 190 valence electrons. The van der Waals surface area contributed by atoms with Crippen molar-refractivity contribution in [3.63, 3.8) is 0 Å². The van der Waals surface area contributed by atoms with Crippen LogP contribution in [-0.4, -0.2) is 55.1 Å². The number of carbonyl (C=O) groups is 3. The minimum absolute atomic E-state index is 0.0680. The molecule has 1 aromatic heterocycles.